The fraction of sp³-hybridized carbons (Fsp3) is 0.0500. The number of nitrogens with zero attached hydrogens (tertiary/aromatic N) is 1. The molecule has 8 heteroatoms. The summed E-state index contributed by atoms with van der Waals surface area (Å²) in [6.45, 7) is 0. The summed E-state index contributed by atoms with van der Waals surface area (Å²) in [4.78, 5) is 22.4. The zero-order chi connectivity index (χ0) is 20.3. The van der Waals surface area contributed by atoms with Gasteiger partial charge in [-0.1, -0.05) is 24.3 Å². The number of rotatable bonds is 5. The van der Waals surface area contributed by atoms with Gasteiger partial charge >= 0.3 is 0 Å². The van der Waals surface area contributed by atoms with Crippen molar-refractivity contribution in [3.05, 3.63) is 93.3 Å². The van der Waals surface area contributed by atoms with Gasteiger partial charge in [-0.3, -0.25) is 20.1 Å². The first-order valence-electron chi connectivity index (χ1n) is 8.18. The summed E-state index contributed by atoms with van der Waals surface area (Å²) >= 11 is 0. The summed E-state index contributed by atoms with van der Waals surface area (Å²) < 4.78 is 13.1. The number of amides is 1. The smallest absolute Gasteiger partial charge is 0.278 e. The maximum atomic E-state index is 13.1. The van der Waals surface area contributed by atoms with Crippen LogP contribution >= 0.6 is 0 Å². The second-order valence-electron chi connectivity index (χ2n) is 6.09. The molecule has 0 aromatic heterocycles. The van der Waals surface area contributed by atoms with Gasteiger partial charge < -0.3 is 5.11 Å². The molecule has 0 saturated heterocycles. The molecule has 28 heavy (non-hydrogen) atoms. The van der Waals surface area contributed by atoms with Crippen LogP contribution in [0.25, 0.3) is 11.1 Å². The molecule has 0 aliphatic carbocycles. The SMILES string of the molecule is O=C(NO)c1cc(Cc2ccc(F)cc2)cc(-c2cccc([N+](=O)[O-])c2)c1O. The Morgan fingerprint density at radius 1 is 1.07 bits per heavy atom. The Balaban J connectivity index is 2.12. The first-order chi connectivity index (χ1) is 13.4. The van der Waals surface area contributed by atoms with Crippen LogP contribution in [0, 0.1) is 15.9 Å². The van der Waals surface area contributed by atoms with Crippen LogP contribution < -0.4 is 5.48 Å². The number of benzene rings is 3. The normalized spacial score (nSPS) is 10.5. The van der Waals surface area contributed by atoms with E-state index in [1.807, 2.05) is 0 Å². The van der Waals surface area contributed by atoms with Crippen LogP contribution in [0.3, 0.4) is 0 Å². The van der Waals surface area contributed by atoms with Crippen LogP contribution in [-0.2, 0) is 6.42 Å². The molecule has 0 radical (unpaired) electrons. The summed E-state index contributed by atoms with van der Waals surface area (Å²) in [5.41, 5.74) is 2.98. The van der Waals surface area contributed by atoms with E-state index in [-0.39, 0.29) is 22.6 Å². The van der Waals surface area contributed by atoms with Gasteiger partial charge in [0.05, 0.1) is 10.5 Å². The lowest BCUT2D eigenvalue weighted by atomic mass is 9.94. The summed E-state index contributed by atoms with van der Waals surface area (Å²) in [6, 6.07) is 14.4. The Hall–Kier alpha value is -3.78. The molecule has 0 unspecified atom stereocenters. The second-order valence-corrected chi connectivity index (χ2v) is 6.09. The van der Waals surface area contributed by atoms with E-state index in [0.717, 1.165) is 5.56 Å². The van der Waals surface area contributed by atoms with Gasteiger partial charge in [-0.05, 0) is 47.4 Å². The minimum absolute atomic E-state index is 0.172. The van der Waals surface area contributed by atoms with Gasteiger partial charge in [-0.15, -0.1) is 0 Å². The van der Waals surface area contributed by atoms with Crippen molar-refractivity contribution in [1.82, 2.24) is 5.48 Å². The highest BCUT2D eigenvalue weighted by Crippen LogP contribution is 2.35. The number of phenolic OH excluding ortho intramolecular Hbond substituents is 1. The lowest BCUT2D eigenvalue weighted by molar-refractivity contribution is -0.384. The number of carbonyl (C=O) groups excluding carboxylic acids is 1. The van der Waals surface area contributed by atoms with Gasteiger partial charge in [0.25, 0.3) is 11.6 Å². The van der Waals surface area contributed by atoms with Gasteiger partial charge in [-0.25, -0.2) is 9.87 Å². The summed E-state index contributed by atoms with van der Waals surface area (Å²) in [6.07, 6.45) is 0.314. The van der Waals surface area contributed by atoms with E-state index in [9.17, 15) is 24.4 Å². The van der Waals surface area contributed by atoms with Crippen molar-refractivity contribution < 1.29 is 24.4 Å². The number of nitro groups is 1. The molecule has 0 aliphatic heterocycles. The molecule has 142 valence electrons. The quantitative estimate of drug-likeness (QED) is 0.353. The number of phenols is 1. The molecular formula is C20H15FN2O5. The first-order valence-corrected chi connectivity index (χ1v) is 8.18. The van der Waals surface area contributed by atoms with E-state index in [2.05, 4.69) is 0 Å². The molecule has 0 bridgehead atoms. The number of hydrogen-bond donors (Lipinski definition) is 3. The van der Waals surface area contributed by atoms with E-state index < -0.39 is 16.6 Å². The molecule has 0 saturated carbocycles. The van der Waals surface area contributed by atoms with E-state index in [4.69, 9.17) is 5.21 Å². The second kappa shape index (κ2) is 7.85. The molecule has 0 heterocycles. The third-order valence-electron chi connectivity index (χ3n) is 4.21. The zero-order valence-electron chi connectivity index (χ0n) is 14.4. The topological polar surface area (TPSA) is 113 Å². The maximum absolute atomic E-state index is 13.1. The minimum atomic E-state index is -0.926. The van der Waals surface area contributed by atoms with E-state index in [1.54, 1.807) is 24.3 Å². The summed E-state index contributed by atoms with van der Waals surface area (Å²) in [7, 11) is 0. The highest BCUT2D eigenvalue weighted by molar-refractivity contribution is 5.99. The first kappa shape index (κ1) is 19.0. The van der Waals surface area contributed by atoms with Crippen LogP contribution in [-0.4, -0.2) is 21.1 Å². The van der Waals surface area contributed by atoms with Crippen molar-refractivity contribution in [2.24, 2.45) is 0 Å². The zero-order valence-corrected chi connectivity index (χ0v) is 14.4. The van der Waals surface area contributed by atoms with Crippen molar-refractivity contribution in [2.75, 3.05) is 0 Å². The van der Waals surface area contributed by atoms with Gasteiger partial charge in [0, 0.05) is 17.7 Å². The average Bonchev–Trinajstić information content (AvgIpc) is 2.70. The van der Waals surface area contributed by atoms with Crippen LogP contribution in [0.1, 0.15) is 21.5 Å². The van der Waals surface area contributed by atoms with Crippen LogP contribution in [0.5, 0.6) is 5.75 Å². The molecular weight excluding hydrogens is 367 g/mol. The number of aromatic hydroxyl groups is 1. The number of nitrogens with one attached hydrogen (secondary N) is 1. The molecule has 0 spiro atoms. The molecule has 3 aromatic carbocycles. The lowest BCUT2D eigenvalue weighted by Gasteiger charge is -2.13. The molecule has 7 nitrogen and oxygen atoms in total. The molecule has 3 aromatic rings. The Kier molecular flexibility index (Phi) is 5.32. The number of non-ortho nitro benzene ring substituents is 1. The molecule has 3 N–H and O–H groups in total. The molecule has 0 fully saturated rings. The van der Waals surface area contributed by atoms with Gasteiger partial charge in [0.15, 0.2) is 0 Å². The number of hydrogen-bond acceptors (Lipinski definition) is 5. The van der Waals surface area contributed by atoms with E-state index >= 15 is 0 Å². The number of hydroxylamine groups is 1. The Bertz CT molecular complexity index is 1050. The van der Waals surface area contributed by atoms with Crippen LogP contribution in [0.2, 0.25) is 0 Å². The van der Waals surface area contributed by atoms with Crippen molar-refractivity contribution in [3.63, 3.8) is 0 Å². The fourth-order valence-corrected chi connectivity index (χ4v) is 2.87. The molecule has 1 amide bonds. The average molecular weight is 382 g/mol. The molecule has 0 atom stereocenters. The van der Waals surface area contributed by atoms with Crippen LogP contribution in [0.15, 0.2) is 60.7 Å². The minimum Gasteiger partial charge on any atom is -0.506 e. The Morgan fingerprint density at radius 2 is 1.79 bits per heavy atom. The monoisotopic (exact) mass is 382 g/mol. The largest absolute Gasteiger partial charge is 0.506 e. The molecule has 0 aliphatic rings. The standard InChI is InChI=1S/C20H15FN2O5/c21-15-6-4-12(5-7-15)8-13-9-17(19(24)18(10-13)20(25)22-26)14-2-1-3-16(11-14)23(27)28/h1-7,9-11,24,26H,8H2,(H,22,25). The Morgan fingerprint density at radius 3 is 2.43 bits per heavy atom. The van der Waals surface area contributed by atoms with Crippen molar-refractivity contribution in [3.8, 4) is 16.9 Å². The summed E-state index contributed by atoms with van der Waals surface area (Å²) in [5, 5.41) is 30.5. The van der Waals surface area contributed by atoms with Gasteiger partial charge in [-0.2, -0.15) is 0 Å². The highest BCUT2D eigenvalue weighted by atomic mass is 19.1. The third-order valence-corrected chi connectivity index (χ3v) is 4.21. The van der Waals surface area contributed by atoms with E-state index in [0.29, 0.717) is 17.5 Å². The van der Waals surface area contributed by atoms with E-state index in [1.165, 1.54) is 41.9 Å². The third kappa shape index (κ3) is 3.97. The number of halogens is 1. The summed E-state index contributed by atoms with van der Waals surface area (Å²) in [5.74, 6) is -1.73. The van der Waals surface area contributed by atoms with Crippen molar-refractivity contribution in [2.45, 2.75) is 6.42 Å². The lowest BCUT2D eigenvalue weighted by Crippen LogP contribution is -2.19. The number of nitro benzene ring substituents is 1. The van der Waals surface area contributed by atoms with Gasteiger partial charge in [0.1, 0.15) is 11.6 Å². The highest BCUT2D eigenvalue weighted by Gasteiger charge is 2.19. The van der Waals surface area contributed by atoms with Crippen molar-refractivity contribution >= 4 is 11.6 Å². The maximum Gasteiger partial charge on any atom is 0.278 e. The Labute approximate surface area is 158 Å². The molecule has 3 rings (SSSR count). The number of carbonyl (C=O) groups is 1. The predicted molar refractivity (Wildman–Crippen MR) is 98.7 cm³/mol. The fourth-order valence-electron chi connectivity index (χ4n) is 2.87. The van der Waals surface area contributed by atoms with Crippen LogP contribution in [0.4, 0.5) is 10.1 Å². The van der Waals surface area contributed by atoms with Crippen molar-refractivity contribution in [1.29, 1.82) is 0 Å². The predicted octanol–water partition coefficient (Wildman–Crippen LogP) is 3.82. The van der Waals surface area contributed by atoms with Gasteiger partial charge in [0.2, 0.25) is 0 Å².